The summed E-state index contributed by atoms with van der Waals surface area (Å²) >= 11 is 0. The second-order valence-corrected chi connectivity index (χ2v) is 3.00. The minimum atomic E-state index is 0.963. The number of rotatable bonds is 3. The number of hydrogen-bond acceptors (Lipinski definition) is 1. The maximum atomic E-state index is 4.38. The van der Waals surface area contributed by atoms with Crippen molar-refractivity contribution in [1.82, 2.24) is 9.55 Å². The number of allylic oxidation sites excluding steroid dienone is 1. The molecule has 0 saturated carbocycles. The van der Waals surface area contributed by atoms with E-state index in [1.807, 2.05) is 41.7 Å². The van der Waals surface area contributed by atoms with Crippen LogP contribution >= 0.6 is 0 Å². The van der Waals surface area contributed by atoms with E-state index in [-0.39, 0.29) is 0 Å². The van der Waals surface area contributed by atoms with Gasteiger partial charge in [0.05, 0.1) is 11.4 Å². The SMILES string of the molecule is C=Cc1nc(C)n(C)c1/C=C\CC.CC.CC. The molecule has 0 aliphatic heterocycles. The van der Waals surface area contributed by atoms with Crippen molar-refractivity contribution in [2.45, 2.75) is 48.0 Å². The van der Waals surface area contributed by atoms with Crippen LogP contribution in [0.15, 0.2) is 12.7 Å². The Labute approximate surface area is 107 Å². The Morgan fingerprint density at radius 2 is 1.76 bits per heavy atom. The lowest BCUT2D eigenvalue weighted by atomic mass is 10.2. The van der Waals surface area contributed by atoms with Gasteiger partial charge >= 0.3 is 0 Å². The molecule has 0 aromatic carbocycles. The Hall–Kier alpha value is -1.31. The first-order chi connectivity index (χ1) is 8.20. The maximum Gasteiger partial charge on any atom is 0.106 e. The van der Waals surface area contributed by atoms with Crippen LogP contribution in [0.1, 0.15) is 58.3 Å². The normalized spacial score (nSPS) is 9.12. The van der Waals surface area contributed by atoms with Crippen LogP contribution in [0.25, 0.3) is 12.2 Å². The van der Waals surface area contributed by atoms with Crippen molar-refractivity contribution in [2.75, 3.05) is 0 Å². The van der Waals surface area contributed by atoms with E-state index in [9.17, 15) is 0 Å². The minimum absolute atomic E-state index is 0.963. The highest BCUT2D eigenvalue weighted by Crippen LogP contribution is 2.13. The van der Waals surface area contributed by atoms with Crippen LogP contribution in [0.3, 0.4) is 0 Å². The third-order valence-corrected chi connectivity index (χ3v) is 2.10. The van der Waals surface area contributed by atoms with Crippen LogP contribution in [-0.2, 0) is 7.05 Å². The smallest absolute Gasteiger partial charge is 0.106 e. The molecule has 0 radical (unpaired) electrons. The number of nitrogens with zero attached hydrogens (tertiary/aromatic N) is 2. The van der Waals surface area contributed by atoms with Gasteiger partial charge in [-0.1, -0.05) is 47.3 Å². The van der Waals surface area contributed by atoms with E-state index in [0.29, 0.717) is 0 Å². The Balaban J connectivity index is 0. The lowest BCUT2D eigenvalue weighted by Gasteiger charge is -1.98. The molecule has 0 aliphatic rings. The fraction of sp³-hybridized carbons (Fsp3) is 0.533. The maximum absolute atomic E-state index is 4.38. The predicted octanol–water partition coefficient (Wildman–Crippen LogP) is 4.85. The molecular formula is C15H28N2. The molecule has 1 aromatic heterocycles. The summed E-state index contributed by atoms with van der Waals surface area (Å²) in [5.41, 5.74) is 2.10. The van der Waals surface area contributed by atoms with E-state index in [2.05, 4.69) is 35.2 Å². The molecule has 0 spiro atoms. The van der Waals surface area contributed by atoms with E-state index in [0.717, 1.165) is 23.6 Å². The number of imidazole rings is 1. The van der Waals surface area contributed by atoms with E-state index in [4.69, 9.17) is 0 Å². The molecule has 1 aromatic rings. The summed E-state index contributed by atoms with van der Waals surface area (Å²) in [6.45, 7) is 15.9. The number of aryl methyl sites for hydroxylation is 1. The van der Waals surface area contributed by atoms with Crippen molar-refractivity contribution < 1.29 is 0 Å². The second kappa shape index (κ2) is 11.2. The van der Waals surface area contributed by atoms with Crippen LogP contribution in [0.5, 0.6) is 0 Å². The van der Waals surface area contributed by atoms with E-state index >= 15 is 0 Å². The molecule has 0 bridgehead atoms. The van der Waals surface area contributed by atoms with Gasteiger partial charge in [0, 0.05) is 7.05 Å². The third-order valence-electron chi connectivity index (χ3n) is 2.10. The molecular weight excluding hydrogens is 208 g/mol. The Bertz CT molecular complexity index is 333. The molecule has 1 heterocycles. The zero-order chi connectivity index (χ0) is 13.8. The van der Waals surface area contributed by atoms with Crippen molar-refractivity contribution in [3.63, 3.8) is 0 Å². The second-order valence-electron chi connectivity index (χ2n) is 3.00. The van der Waals surface area contributed by atoms with Crippen molar-refractivity contribution >= 4 is 12.2 Å². The molecule has 17 heavy (non-hydrogen) atoms. The fourth-order valence-electron chi connectivity index (χ4n) is 1.23. The van der Waals surface area contributed by atoms with E-state index in [1.54, 1.807) is 6.08 Å². The molecule has 2 nitrogen and oxygen atoms in total. The third kappa shape index (κ3) is 5.53. The Kier molecular flexibility index (Phi) is 11.9. The average Bonchev–Trinajstić information content (AvgIpc) is 2.67. The molecule has 1 rings (SSSR count). The minimum Gasteiger partial charge on any atom is -0.331 e. The van der Waals surface area contributed by atoms with Crippen LogP contribution in [-0.4, -0.2) is 9.55 Å². The van der Waals surface area contributed by atoms with E-state index in [1.165, 1.54) is 0 Å². The highest BCUT2D eigenvalue weighted by Gasteiger charge is 2.05. The number of aromatic nitrogens is 2. The van der Waals surface area contributed by atoms with Crippen molar-refractivity contribution in [3.05, 3.63) is 29.9 Å². The summed E-state index contributed by atoms with van der Waals surface area (Å²) in [6, 6.07) is 0. The van der Waals surface area contributed by atoms with Crippen LogP contribution < -0.4 is 0 Å². The van der Waals surface area contributed by atoms with Crippen LogP contribution in [0.4, 0.5) is 0 Å². The summed E-state index contributed by atoms with van der Waals surface area (Å²) in [6.07, 6.45) is 7.06. The summed E-state index contributed by atoms with van der Waals surface area (Å²) in [7, 11) is 2.02. The molecule has 0 N–H and O–H groups in total. The van der Waals surface area contributed by atoms with Gasteiger partial charge in [-0.2, -0.15) is 0 Å². The summed E-state index contributed by atoms with van der Waals surface area (Å²) < 4.78 is 2.07. The van der Waals surface area contributed by atoms with Gasteiger partial charge < -0.3 is 4.57 Å². The lowest BCUT2D eigenvalue weighted by Crippen LogP contribution is -1.93. The number of hydrogen-bond donors (Lipinski definition) is 0. The standard InChI is InChI=1S/C11H16N2.2C2H6/c1-5-7-8-11-10(6-2)12-9(3)13(11)4;2*1-2/h6-8H,2,5H2,1,3-4H3;2*1-2H3/b8-7-;;. The molecule has 0 atom stereocenters. The highest BCUT2D eigenvalue weighted by atomic mass is 15.1. The quantitative estimate of drug-likeness (QED) is 0.733. The molecule has 98 valence electrons. The van der Waals surface area contributed by atoms with Crippen molar-refractivity contribution in [2.24, 2.45) is 7.05 Å². The average molecular weight is 236 g/mol. The molecule has 0 amide bonds. The zero-order valence-corrected chi connectivity index (χ0v) is 12.5. The predicted molar refractivity (Wildman–Crippen MR) is 80.1 cm³/mol. The van der Waals surface area contributed by atoms with Gasteiger partial charge in [-0.15, -0.1) is 0 Å². The van der Waals surface area contributed by atoms with Crippen LogP contribution in [0, 0.1) is 6.92 Å². The fourth-order valence-corrected chi connectivity index (χ4v) is 1.23. The summed E-state index contributed by atoms with van der Waals surface area (Å²) in [4.78, 5) is 4.38. The molecule has 0 saturated heterocycles. The zero-order valence-electron chi connectivity index (χ0n) is 12.5. The first-order valence-corrected chi connectivity index (χ1v) is 6.53. The topological polar surface area (TPSA) is 17.8 Å². The van der Waals surface area contributed by atoms with Gasteiger partial charge in [-0.25, -0.2) is 4.98 Å². The first-order valence-electron chi connectivity index (χ1n) is 6.53. The lowest BCUT2D eigenvalue weighted by molar-refractivity contribution is 0.849. The first kappa shape index (κ1) is 18.1. The van der Waals surface area contributed by atoms with Gasteiger partial charge in [-0.3, -0.25) is 0 Å². The molecule has 0 aliphatic carbocycles. The van der Waals surface area contributed by atoms with Gasteiger partial charge in [-0.05, 0) is 25.5 Å². The van der Waals surface area contributed by atoms with E-state index < -0.39 is 0 Å². The van der Waals surface area contributed by atoms with Gasteiger partial charge in [0.2, 0.25) is 0 Å². The highest BCUT2D eigenvalue weighted by molar-refractivity contribution is 5.59. The van der Waals surface area contributed by atoms with Gasteiger partial charge in [0.15, 0.2) is 0 Å². The van der Waals surface area contributed by atoms with Gasteiger partial charge in [0.25, 0.3) is 0 Å². The molecule has 0 unspecified atom stereocenters. The summed E-state index contributed by atoms with van der Waals surface area (Å²) in [5.74, 6) is 1.02. The van der Waals surface area contributed by atoms with Crippen molar-refractivity contribution in [1.29, 1.82) is 0 Å². The summed E-state index contributed by atoms with van der Waals surface area (Å²) in [5, 5.41) is 0. The Morgan fingerprint density at radius 3 is 2.18 bits per heavy atom. The van der Waals surface area contributed by atoms with Crippen molar-refractivity contribution in [3.8, 4) is 0 Å². The molecule has 2 heteroatoms. The van der Waals surface area contributed by atoms with Crippen LogP contribution in [0.2, 0.25) is 0 Å². The largest absolute Gasteiger partial charge is 0.331 e. The van der Waals surface area contributed by atoms with Gasteiger partial charge in [0.1, 0.15) is 5.82 Å². The monoisotopic (exact) mass is 236 g/mol. The molecule has 0 fully saturated rings. The Morgan fingerprint density at radius 1 is 1.24 bits per heavy atom.